The van der Waals surface area contributed by atoms with Crippen LogP contribution < -0.4 is 10.5 Å². The third kappa shape index (κ3) is 6.73. The van der Waals surface area contributed by atoms with E-state index in [4.69, 9.17) is 17.2 Å². The molecule has 52 heavy (non-hydrogen) atoms. The maximum atomic E-state index is 12.5. The van der Waals surface area contributed by atoms with Crippen molar-refractivity contribution in [2.75, 3.05) is 0 Å². The Balaban J connectivity index is 1.68. The van der Waals surface area contributed by atoms with Crippen LogP contribution in [-0.4, -0.2) is 17.4 Å². The number of nitrogens with one attached hydrogen (secondary N) is 2. The SMILES string of the molecule is CCCCC1=Cc2c(-c3ccccc3CC)cccc2[CH]1[Hf]([Cl])([Cl])([B](NC=O)NC=O)[CH]1C(CCCC)=Cc2c(-c3ccccc3CC)cccc21. The molecule has 0 heterocycles. The topological polar surface area (TPSA) is 58.2 Å². The molecule has 2 N–H and O–H groups in total. The van der Waals surface area contributed by atoms with Gasteiger partial charge >= 0.3 is 321 Å². The van der Waals surface area contributed by atoms with Crippen molar-refractivity contribution in [1.29, 1.82) is 0 Å². The van der Waals surface area contributed by atoms with Crippen molar-refractivity contribution in [3.63, 3.8) is 0 Å². The minimum atomic E-state index is -6.02. The quantitative estimate of drug-likeness (QED) is 0.0819. The minimum absolute atomic E-state index is 0.354. The molecule has 0 bridgehead atoms. The second kappa shape index (κ2) is 16.5. The van der Waals surface area contributed by atoms with Crippen LogP contribution in [0.4, 0.5) is 0 Å². The van der Waals surface area contributed by atoms with E-state index >= 15 is 0 Å². The van der Waals surface area contributed by atoms with E-state index in [1.165, 1.54) is 33.4 Å². The number of hydrogen-bond acceptors (Lipinski definition) is 2. The van der Waals surface area contributed by atoms with E-state index < -0.39 is 20.5 Å². The van der Waals surface area contributed by atoms with E-state index in [1.807, 2.05) is 0 Å². The monoisotopic (exact) mass is 899 g/mol. The van der Waals surface area contributed by atoms with E-state index in [1.54, 1.807) is 0 Å². The number of carbonyl (C=O) groups is 2. The molecule has 2 aliphatic carbocycles. The molecule has 4 aromatic rings. The molecule has 0 fully saturated rings. The number of halogens is 2. The summed E-state index contributed by atoms with van der Waals surface area (Å²) in [5.74, 6) is 0. The molecule has 0 saturated carbocycles. The van der Waals surface area contributed by atoms with Gasteiger partial charge in [-0.1, -0.05) is 0 Å². The van der Waals surface area contributed by atoms with Crippen LogP contribution in [0.3, 0.4) is 0 Å². The summed E-state index contributed by atoms with van der Waals surface area (Å²) in [5.41, 5.74) is 14.2. The number of hydrogen-bond donors (Lipinski definition) is 2. The van der Waals surface area contributed by atoms with Crippen LogP contribution in [0.1, 0.15) is 107 Å². The summed E-state index contributed by atoms with van der Waals surface area (Å²) in [4.78, 5) is 25.1. The van der Waals surface area contributed by atoms with Gasteiger partial charge < -0.3 is 0 Å². The number of allylic oxidation sites excluding steroid dienone is 2. The molecule has 2 amide bonds. The van der Waals surface area contributed by atoms with Gasteiger partial charge in [-0.15, -0.1) is 0 Å². The van der Waals surface area contributed by atoms with Crippen LogP contribution in [0.25, 0.3) is 34.4 Å². The number of rotatable bonds is 17. The van der Waals surface area contributed by atoms with Crippen molar-refractivity contribution >= 4 is 46.7 Å². The molecule has 2 atom stereocenters. The molecule has 2 unspecified atom stereocenters. The van der Waals surface area contributed by atoms with Crippen molar-refractivity contribution in [2.45, 2.75) is 86.4 Å². The average Bonchev–Trinajstić information content (AvgIpc) is 3.76. The molecule has 4 aromatic carbocycles. The summed E-state index contributed by atoms with van der Waals surface area (Å²) in [6.07, 6.45) is 13.4. The third-order valence-electron chi connectivity index (χ3n) is 11.4. The van der Waals surface area contributed by atoms with E-state index in [2.05, 4.69) is 135 Å². The number of aryl methyl sites for hydroxylation is 2. The van der Waals surface area contributed by atoms with Crippen molar-refractivity contribution in [3.8, 4) is 22.3 Å². The fourth-order valence-corrected chi connectivity index (χ4v) is 38.8. The van der Waals surface area contributed by atoms with Gasteiger partial charge in [-0.2, -0.15) is 0 Å². The van der Waals surface area contributed by atoms with E-state index in [-0.39, 0.29) is 7.35 Å². The zero-order valence-corrected chi connectivity index (χ0v) is 36.0. The van der Waals surface area contributed by atoms with Gasteiger partial charge in [0.25, 0.3) is 0 Å². The van der Waals surface area contributed by atoms with Crippen molar-refractivity contribution < 1.29 is 25.5 Å². The van der Waals surface area contributed by atoms with Crippen LogP contribution in [0.15, 0.2) is 96.1 Å². The molecule has 0 aliphatic heterocycles. The van der Waals surface area contributed by atoms with Crippen molar-refractivity contribution in [1.82, 2.24) is 10.5 Å². The van der Waals surface area contributed by atoms with E-state index in [0.29, 0.717) is 12.8 Å². The summed E-state index contributed by atoms with van der Waals surface area (Å²) in [6, 6.07) is 30.2. The number of unbranched alkanes of at least 4 members (excludes halogenated alkanes) is 2. The Labute approximate surface area is 318 Å². The van der Waals surface area contributed by atoms with Crippen LogP contribution in [0, 0.1) is 0 Å². The van der Waals surface area contributed by atoms with Gasteiger partial charge in [-0.3, -0.25) is 0 Å². The van der Waals surface area contributed by atoms with E-state index in [0.717, 1.165) is 84.7 Å². The normalized spacial score (nSPS) is 16.9. The van der Waals surface area contributed by atoms with Crippen LogP contribution in [-0.2, 0) is 38.3 Å². The molecular formula is C44H50BCl2HfN2O2. The predicted octanol–water partition coefficient (Wildman–Crippen LogP) is 11.6. The predicted molar refractivity (Wildman–Crippen MR) is 219 cm³/mol. The Hall–Kier alpha value is -3.18. The Morgan fingerprint density at radius 3 is 1.38 bits per heavy atom. The van der Waals surface area contributed by atoms with E-state index in [9.17, 15) is 9.59 Å². The first-order chi connectivity index (χ1) is 25.3. The summed E-state index contributed by atoms with van der Waals surface area (Å²) >= 11 is -6.02. The molecule has 6 rings (SSSR count). The van der Waals surface area contributed by atoms with Gasteiger partial charge in [-0.25, -0.2) is 0 Å². The van der Waals surface area contributed by atoms with Crippen LogP contribution in [0.5, 0.6) is 0 Å². The summed E-state index contributed by atoms with van der Waals surface area (Å²) in [5, 5.41) is 6.04. The molecule has 0 aromatic heterocycles. The Bertz CT molecular complexity index is 1890. The van der Waals surface area contributed by atoms with Gasteiger partial charge in [0.1, 0.15) is 0 Å². The first-order valence-corrected chi connectivity index (χ1v) is 34.2. The Morgan fingerprint density at radius 2 is 1.00 bits per heavy atom. The Morgan fingerprint density at radius 1 is 0.596 bits per heavy atom. The fourth-order valence-electron chi connectivity index (χ4n) is 9.08. The van der Waals surface area contributed by atoms with Crippen LogP contribution >= 0.6 is 17.2 Å². The average molecular weight is 899 g/mol. The number of fused-ring (bicyclic) bond motifs is 2. The first-order valence-electron chi connectivity index (χ1n) is 19.1. The summed E-state index contributed by atoms with van der Waals surface area (Å²) < 4.78 is -1.63. The summed E-state index contributed by atoms with van der Waals surface area (Å²) in [7, 11) is 17.4. The van der Waals surface area contributed by atoms with Crippen LogP contribution in [0.2, 0.25) is 0 Å². The number of carbonyl (C=O) groups excluding carboxylic acids is 2. The molecule has 8 heteroatoms. The second-order valence-corrected chi connectivity index (χ2v) is 44.8. The molecule has 0 spiro atoms. The molecule has 2 aliphatic rings. The number of benzene rings is 4. The Kier molecular flexibility index (Phi) is 12.2. The molecule has 0 radical (unpaired) electrons. The number of amides is 2. The zero-order valence-electron chi connectivity index (χ0n) is 30.9. The van der Waals surface area contributed by atoms with Gasteiger partial charge in [-0.05, 0) is 0 Å². The molecule has 4 nitrogen and oxygen atoms in total. The molecule has 0 saturated heterocycles. The van der Waals surface area contributed by atoms with Gasteiger partial charge in [0.05, 0.1) is 0 Å². The summed E-state index contributed by atoms with van der Waals surface area (Å²) in [6.45, 7) is 8.79. The molecule has 269 valence electrons. The second-order valence-electron chi connectivity index (χ2n) is 14.4. The van der Waals surface area contributed by atoms with Crippen molar-refractivity contribution in [3.05, 3.63) is 129 Å². The van der Waals surface area contributed by atoms with Gasteiger partial charge in [0.2, 0.25) is 0 Å². The first kappa shape index (κ1) is 38.5. The zero-order chi connectivity index (χ0) is 36.9. The maximum absolute atomic E-state index is 12.5. The molecular weight excluding hydrogens is 849 g/mol. The fraction of sp³-hybridized carbons (Fsp3) is 0.318. The van der Waals surface area contributed by atoms with Crippen molar-refractivity contribution in [2.24, 2.45) is 0 Å². The standard InChI is InChI=1S/2C21H23.C2H3BN2O2.2ClH.Hf/c2*1-3-5-9-16-14-18-11-8-13-20(21(18)15-16)19-12-7-6-10-17(19)4-2;6-1-4-3-5-2-7;;;/h2*6-8,10-15H,3-5,9H2,1-2H3;1-2H,(H-,4,5,6,7);2*1H;/q;;;;;+1/p-1. The van der Waals surface area contributed by atoms with Gasteiger partial charge in [0, 0.05) is 0 Å². The third-order valence-corrected chi connectivity index (χ3v) is 40.1. The van der Waals surface area contributed by atoms with Gasteiger partial charge in [0.15, 0.2) is 0 Å².